The zero-order valence-electron chi connectivity index (χ0n) is 14.6. The topological polar surface area (TPSA) is 40.6 Å². The van der Waals surface area contributed by atoms with Gasteiger partial charge in [0.05, 0.1) is 18.2 Å². The van der Waals surface area contributed by atoms with E-state index in [-0.39, 0.29) is 17.9 Å². The Morgan fingerprint density at radius 1 is 0.808 bits per heavy atom. The zero-order valence-corrected chi connectivity index (χ0v) is 15.5. The van der Waals surface area contributed by atoms with Gasteiger partial charge in [-0.05, 0) is 62.3 Å². The van der Waals surface area contributed by atoms with E-state index in [0.29, 0.717) is 12.1 Å². The molecule has 2 aliphatic heterocycles. The SMILES string of the molecule is O=C1CC(N2CCCCC2)C(=O)N1c1ccc(Sc2ccccc2)cc1. The van der Waals surface area contributed by atoms with Gasteiger partial charge in [0, 0.05) is 9.79 Å². The van der Waals surface area contributed by atoms with Crippen molar-refractivity contribution in [3.05, 3.63) is 54.6 Å². The number of carbonyl (C=O) groups is 2. The van der Waals surface area contributed by atoms with Crippen molar-refractivity contribution in [2.75, 3.05) is 18.0 Å². The zero-order chi connectivity index (χ0) is 17.9. The number of anilines is 1. The molecule has 2 fully saturated rings. The summed E-state index contributed by atoms with van der Waals surface area (Å²) in [5.41, 5.74) is 0.678. The molecule has 0 bridgehead atoms. The molecule has 0 radical (unpaired) electrons. The minimum Gasteiger partial charge on any atom is -0.292 e. The molecular weight excluding hydrogens is 344 g/mol. The number of carbonyl (C=O) groups excluding carboxylic acids is 2. The van der Waals surface area contributed by atoms with Gasteiger partial charge in [0.2, 0.25) is 5.91 Å². The third-order valence-corrected chi connectivity index (χ3v) is 6.04. The lowest BCUT2D eigenvalue weighted by Crippen LogP contribution is -2.44. The maximum atomic E-state index is 12.8. The van der Waals surface area contributed by atoms with E-state index >= 15 is 0 Å². The Hall–Kier alpha value is -2.11. The van der Waals surface area contributed by atoms with Crippen molar-refractivity contribution in [1.29, 1.82) is 0 Å². The second-order valence-corrected chi connectivity index (χ2v) is 7.94. The van der Waals surface area contributed by atoms with Crippen LogP contribution in [0.15, 0.2) is 64.4 Å². The highest BCUT2D eigenvalue weighted by Crippen LogP contribution is 2.31. The van der Waals surface area contributed by atoms with Gasteiger partial charge in [-0.3, -0.25) is 14.5 Å². The highest BCUT2D eigenvalue weighted by Gasteiger charge is 2.42. The van der Waals surface area contributed by atoms with Crippen molar-refractivity contribution >= 4 is 29.3 Å². The molecule has 1 unspecified atom stereocenters. The Labute approximate surface area is 158 Å². The van der Waals surface area contributed by atoms with Gasteiger partial charge in [0.15, 0.2) is 0 Å². The Morgan fingerprint density at radius 2 is 1.46 bits per heavy atom. The van der Waals surface area contributed by atoms with Gasteiger partial charge < -0.3 is 0 Å². The molecule has 1 atom stereocenters. The smallest absolute Gasteiger partial charge is 0.251 e. The molecule has 2 amide bonds. The fourth-order valence-electron chi connectivity index (χ4n) is 3.69. The third kappa shape index (κ3) is 3.55. The van der Waals surface area contributed by atoms with Crippen LogP contribution in [0.4, 0.5) is 5.69 Å². The third-order valence-electron chi connectivity index (χ3n) is 5.03. The minimum atomic E-state index is -0.277. The molecule has 4 rings (SSSR count). The maximum absolute atomic E-state index is 12.8. The number of benzene rings is 2. The van der Waals surface area contributed by atoms with E-state index in [4.69, 9.17) is 0 Å². The quantitative estimate of drug-likeness (QED) is 0.768. The van der Waals surface area contributed by atoms with Crippen LogP contribution < -0.4 is 4.90 Å². The lowest BCUT2D eigenvalue weighted by atomic mass is 10.1. The Morgan fingerprint density at radius 3 is 2.15 bits per heavy atom. The molecule has 0 N–H and O–H groups in total. The van der Waals surface area contributed by atoms with Crippen LogP contribution in [0.1, 0.15) is 25.7 Å². The van der Waals surface area contributed by atoms with Crippen molar-refractivity contribution in [3.8, 4) is 0 Å². The van der Waals surface area contributed by atoms with E-state index < -0.39 is 0 Å². The summed E-state index contributed by atoms with van der Waals surface area (Å²) in [5, 5.41) is 0. The summed E-state index contributed by atoms with van der Waals surface area (Å²) in [5.74, 6) is -0.158. The molecule has 134 valence electrons. The van der Waals surface area contributed by atoms with Crippen LogP contribution >= 0.6 is 11.8 Å². The van der Waals surface area contributed by atoms with E-state index in [2.05, 4.69) is 17.0 Å². The number of rotatable bonds is 4. The normalized spacial score (nSPS) is 21.4. The largest absolute Gasteiger partial charge is 0.292 e. The number of hydrogen-bond acceptors (Lipinski definition) is 4. The Balaban J connectivity index is 1.48. The van der Waals surface area contributed by atoms with Gasteiger partial charge >= 0.3 is 0 Å². The number of nitrogens with zero attached hydrogens (tertiary/aromatic N) is 2. The first kappa shape index (κ1) is 17.3. The first-order chi connectivity index (χ1) is 12.7. The lowest BCUT2D eigenvalue weighted by molar-refractivity contribution is -0.123. The van der Waals surface area contributed by atoms with Crippen molar-refractivity contribution < 1.29 is 9.59 Å². The van der Waals surface area contributed by atoms with Crippen molar-refractivity contribution in [3.63, 3.8) is 0 Å². The first-order valence-corrected chi connectivity index (χ1v) is 9.98. The van der Waals surface area contributed by atoms with Gasteiger partial charge in [0.25, 0.3) is 5.91 Å². The molecule has 2 heterocycles. The van der Waals surface area contributed by atoms with Gasteiger partial charge in [-0.15, -0.1) is 0 Å². The summed E-state index contributed by atoms with van der Waals surface area (Å²) in [6.07, 6.45) is 3.75. The molecule has 0 aliphatic carbocycles. The monoisotopic (exact) mass is 366 g/mol. The summed E-state index contributed by atoms with van der Waals surface area (Å²) in [7, 11) is 0. The Kier molecular flexibility index (Phi) is 5.09. The van der Waals surface area contributed by atoms with E-state index in [1.807, 2.05) is 42.5 Å². The second-order valence-electron chi connectivity index (χ2n) is 6.79. The van der Waals surface area contributed by atoms with Crippen molar-refractivity contribution in [1.82, 2.24) is 4.90 Å². The summed E-state index contributed by atoms with van der Waals surface area (Å²) in [4.78, 5) is 31.1. The fourth-order valence-corrected chi connectivity index (χ4v) is 4.53. The van der Waals surface area contributed by atoms with Crippen LogP contribution in [0.25, 0.3) is 0 Å². The van der Waals surface area contributed by atoms with E-state index in [0.717, 1.165) is 30.8 Å². The number of piperidine rings is 1. The van der Waals surface area contributed by atoms with Gasteiger partial charge in [-0.1, -0.05) is 36.4 Å². The molecule has 0 saturated carbocycles. The van der Waals surface area contributed by atoms with E-state index in [1.54, 1.807) is 11.8 Å². The van der Waals surface area contributed by atoms with Crippen LogP contribution in [0.3, 0.4) is 0 Å². The fraction of sp³-hybridized carbons (Fsp3) is 0.333. The second kappa shape index (κ2) is 7.64. The highest BCUT2D eigenvalue weighted by molar-refractivity contribution is 7.99. The standard InChI is InChI=1S/C21H22N2O2S/c24-20-15-19(22-13-5-2-6-14-22)21(25)23(20)16-9-11-18(12-10-16)26-17-7-3-1-4-8-17/h1,3-4,7-12,19H,2,5-6,13-15H2. The molecule has 2 aliphatic rings. The van der Waals surface area contributed by atoms with Gasteiger partial charge in [0.1, 0.15) is 0 Å². The summed E-state index contributed by atoms with van der Waals surface area (Å²) in [6, 6.07) is 17.6. The van der Waals surface area contributed by atoms with Crippen molar-refractivity contribution in [2.24, 2.45) is 0 Å². The van der Waals surface area contributed by atoms with Crippen LogP contribution in [-0.4, -0.2) is 35.8 Å². The summed E-state index contributed by atoms with van der Waals surface area (Å²) >= 11 is 1.67. The summed E-state index contributed by atoms with van der Waals surface area (Å²) < 4.78 is 0. The molecule has 2 aromatic rings. The number of imide groups is 1. The number of likely N-dealkylation sites (tertiary alicyclic amines) is 1. The summed E-state index contributed by atoms with van der Waals surface area (Å²) in [6.45, 7) is 1.84. The molecule has 26 heavy (non-hydrogen) atoms. The molecular formula is C21H22N2O2S. The van der Waals surface area contributed by atoms with Gasteiger partial charge in [-0.2, -0.15) is 0 Å². The molecule has 2 saturated heterocycles. The van der Waals surface area contributed by atoms with Crippen LogP contribution in [0.5, 0.6) is 0 Å². The average Bonchev–Trinajstić information content (AvgIpc) is 2.98. The molecule has 0 spiro atoms. The van der Waals surface area contributed by atoms with Crippen LogP contribution in [-0.2, 0) is 9.59 Å². The predicted octanol–water partition coefficient (Wildman–Crippen LogP) is 3.96. The lowest BCUT2D eigenvalue weighted by Gasteiger charge is -2.30. The number of hydrogen-bond donors (Lipinski definition) is 0. The highest BCUT2D eigenvalue weighted by atomic mass is 32.2. The molecule has 5 heteroatoms. The van der Waals surface area contributed by atoms with Crippen LogP contribution in [0, 0.1) is 0 Å². The molecule has 2 aromatic carbocycles. The minimum absolute atomic E-state index is 0.0691. The molecule has 0 aromatic heterocycles. The molecule has 4 nitrogen and oxygen atoms in total. The average molecular weight is 366 g/mol. The van der Waals surface area contributed by atoms with Crippen molar-refractivity contribution in [2.45, 2.75) is 41.5 Å². The first-order valence-electron chi connectivity index (χ1n) is 9.16. The van der Waals surface area contributed by atoms with E-state index in [9.17, 15) is 9.59 Å². The van der Waals surface area contributed by atoms with Gasteiger partial charge in [-0.25, -0.2) is 4.90 Å². The van der Waals surface area contributed by atoms with E-state index in [1.165, 1.54) is 16.2 Å². The van der Waals surface area contributed by atoms with Crippen LogP contribution in [0.2, 0.25) is 0 Å². The predicted molar refractivity (Wildman–Crippen MR) is 103 cm³/mol. The maximum Gasteiger partial charge on any atom is 0.251 e. The Bertz CT molecular complexity index is 785. The number of amides is 2.